The maximum Gasteiger partial charge on any atom is 0.187 e. The minimum absolute atomic E-state index is 0.817. The SMILES string of the molecule is CCCN(CC1CC1)c1ncc(N)s1. The molecule has 78 valence electrons. The van der Waals surface area contributed by atoms with E-state index in [0.29, 0.717) is 0 Å². The van der Waals surface area contributed by atoms with Crippen LogP contribution in [0.15, 0.2) is 6.20 Å². The van der Waals surface area contributed by atoms with Crippen molar-refractivity contribution in [1.29, 1.82) is 0 Å². The number of aromatic nitrogens is 1. The lowest BCUT2D eigenvalue weighted by molar-refractivity contribution is 0.706. The Kier molecular flexibility index (Phi) is 2.91. The summed E-state index contributed by atoms with van der Waals surface area (Å²) in [5, 5.41) is 1.91. The van der Waals surface area contributed by atoms with Crippen LogP contribution in [0.4, 0.5) is 10.1 Å². The Bertz CT molecular complexity index is 293. The van der Waals surface area contributed by atoms with E-state index in [1.807, 2.05) is 0 Å². The lowest BCUT2D eigenvalue weighted by atomic mass is 10.3. The van der Waals surface area contributed by atoms with Crippen LogP contribution >= 0.6 is 11.3 Å². The van der Waals surface area contributed by atoms with Crippen molar-refractivity contribution in [2.75, 3.05) is 23.7 Å². The van der Waals surface area contributed by atoms with Crippen molar-refractivity contribution in [2.24, 2.45) is 5.92 Å². The monoisotopic (exact) mass is 211 g/mol. The van der Waals surface area contributed by atoms with E-state index >= 15 is 0 Å². The first-order valence-corrected chi connectivity index (χ1v) is 6.07. The summed E-state index contributed by atoms with van der Waals surface area (Å²) in [5.41, 5.74) is 5.69. The molecule has 2 N–H and O–H groups in total. The van der Waals surface area contributed by atoms with Gasteiger partial charge in [-0.3, -0.25) is 0 Å². The maximum absolute atomic E-state index is 5.69. The van der Waals surface area contributed by atoms with Crippen LogP contribution in [0.3, 0.4) is 0 Å². The molecule has 0 saturated heterocycles. The van der Waals surface area contributed by atoms with Gasteiger partial charge in [0.2, 0.25) is 0 Å². The molecule has 0 atom stereocenters. The third kappa shape index (κ3) is 2.38. The van der Waals surface area contributed by atoms with Gasteiger partial charge in [-0.15, -0.1) is 0 Å². The van der Waals surface area contributed by atoms with Crippen LogP contribution in [0.25, 0.3) is 0 Å². The largest absolute Gasteiger partial charge is 0.389 e. The highest BCUT2D eigenvalue weighted by Crippen LogP contribution is 2.33. The summed E-state index contributed by atoms with van der Waals surface area (Å²) in [6, 6.07) is 0. The molecule has 1 aromatic heterocycles. The van der Waals surface area contributed by atoms with Gasteiger partial charge in [0.15, 0.2) is 5.13 Å². The summed E-state index contributed by atoms with van der Waals surface area (Å²) in [6.07, 6.45) is 5.71. The Morgan fingerprint density at radius 2 is 2.43 bits per heavy atom. The van der Waals surface area contributed by atoms with Crippen LogP contribution in [0, 0.1) is 5.92 Å². The molecule has 0 aromatic carbocycles. The highest BCUT2D eigenvalue weighted by atomic mass is 32.1. The predicted molar refractivity (Wildman–Crippen MR) is 61.8 cm³/mol. The molecule has 1 aliphatic carbocycles. The van der Waals surface area contributed by atoms with Gasteiger partial charge in [-0.1, -0.05) is 18.3 Å². The zero-order valence-electron chi connectivity index (χ0n) is 8.57. The molecule has 4 heteroatoms. The minimum Gasteiger partial charge on any atom is -0.389 e. The van der Waals surface area contributed by atoms with Crippen molar-refractivity contribution in [3.05, 3.63) is 6.20 Å². The molecule has 0 aliphatic heterocycles. The van der Waals surface area contributed by atoms with Gasteiger partial charge in [-0.05, 0) is 25.2 Å². The van der Waals surface area contributed by atoms with Crippen molar-refractivity contribution in [2.45, 2.75) is 26.2 Å². The van der Waals surface area contributed by atoms with Crippen LogP contribution in [0.5, 0.6) is 0 Å². The van der Waals surface area contributed by atoms with Gasteiger partial charge in [0.25, 0.3) is 0 Å². The number of nitrogens with zero attached hydrogens (tertiary/aromatic N) is 2. The van der Waals surface area contributed by atoms with Crippen molar-refractivity contribution >= 4 is 21.5 Å². The van der Waals surface area contributed by atoms with Crippen LogP contribution in [-0.4, -0.2) is 18.1 Å². The number of nitrogen functional groups attached to an aromatic ring is 1. The summed E-state index contributed by atoms with van der Waals surface area (Å²) in [5.74, 6) is 0.909. The number of anilines is 2. The minimum atomic E-state index is 0.817. The summed E-state index contributed by atoms with van der Waals surface area (Å²) in [4.78, 5) is 6.71. The second-order valence-electron chi connectivity index (χ2n) is 3.93. The second kappa shape index (κ2) is 4.17. The Morgan fingerprint density at radius 1 is 1.64 bits per heavy atom. The summed E-state index contributed by atoms with van der Waals surface area (Å²) < 4.78 is 0. The van der Waals surface area contributed by atoms with Crippen molar-refractivity contribution in [3.8, 4) is 0 Å². The lowest BCUT2D eigenvalue weighted by Crippen LogP contribution is -2.26. The fourth-order valence-electron chi connectivity index (χ4n) is 1.57. The Labute approximate surface area is 88.9 Å². The molecule has 14 heavy (non-hydrogen) atoms. The standard InChI is InChI=1S/C10H17N3S/c1-2-5-13(7-8-3-4-8)10-12-6-9(11)14-10/h6,8H,2-5,7,11H2,1H3. The van der Waals surface area contributed by atoms with Crippen LogP contribution in [0.2, 0.25) is 0 Å². The Balaban J connectivity index is 2.00. The quantitative estimate of drug-likeness (QED) is 0.813. The smallest absolute Gasteiger partial charge is 0.187 e. The van der Waals surface area contributed by atoms with E-state index in [-0.39, 0.29) is 0 Å². The maximum atomic E-state index is 5.69. The van der Waals surface area contributed by atoms with E-state index < -0.39 is 0 Å². The third-order valence-corrected chi connectivity index (χ3v) is 3.34. The zero-order chi connectivity index (χ0) is 9.97. The summed E-state index contributed by atoms with van der Waals surface area (Å²) >= 11 is 1.60. The number of nitrogens with two attached hydrogens (primary N) is 1. The molecule has 1 heterocycles. The van der Waals surface area contributed by atoms with Gasteiger partial charge >= 0.3 is 0 Å². The number of hydrogen-bond acceptors (Lipinski definition) is 4. The third-order valence-electron chi connectivity index (χ3n) is 2.45. The fraction of sp³-hybridized carbons (Fsp3) is 0.700. The second-order valence-corrected chi connectivity index (χ2v) is 4.98. The number of thiazole rings is 1. The molecule has 3 nitrogen and oxygen atoms in total. The number of rotatable bonds is 5. The normalized spacial score (nSPS) is 15.8. The average molecular weight is 211 g/mol. The van der Waals surface area contributed by atoms with Crippen LogP contribution < -0.4 is 10.6 Å². The van der Waals surface area contributed by atoms with Crippen LogP contribution in [-0.2, 0) is 0 Å². The molecule has 2 rings (SSSR count). The van der Waals surface area contributed by atoms with Gasteiger partial charge in [-0.2, -0.15) is 0 Å². The van der Waals surface area contributed by atoms with E-state index in [2.05, 4.69) is 16.8 Å². The summed E-state index contributed by atoms with van der Waals surface area (Å²) in [7, 11) is 0. The lowest BCUT2D eigenvalue weighted by Gasteiger charge is -2.20. The molecule has 0 amide bonds. The molecule has 1 aliphatic rings. The first kappa shape index (κ1) is 9.77. The fourth-order valence-corrected chi connectivity index (χ4v) is 2.29. The Hall–Kier alpha value is -0.770. The van der Waals surface area contributed by atoms with Crippen molar-refractivity contribution < 1.29 is 0 Å². The molecule has 1 saturated carbocycles. The van der Waals surface area contributed by atoms with Crippen molar-refractivity contribution in [1.82, 2.24) is 4.98 Å². The highest BCUT2D eigenvalue weighted by Gasteiger charge is 2.25. The first-order valence-electron chi connectivity index (χ1n) is 5.26. The highest BCUT2D eigenvalue weighted by molar-refractivity contribution is 7.19. The molecule has 0 bridgehead atoms. The van der Waals surface area contributed by atoms with E-state index in [1.165, 1.54) is 25.8 Å². The Morgan fingerprint density at radius 3 is 2.93 bits per heavy atom. The first-order chi connectivity index (χ1) is 6.79. The van der Waals surface area contributed by atoms with Gasteiger partial charge in [0, 0.05) is 13.1 Å². The molecule has 0 unspecified atom stereocenters. The van der Waals surface area contributed by atoms with Gasteiger partial charge in [0.1, 0.15) is 5.00 Å². The molecular weight excluding hydrogens is 194 g/mol. The van der Waals surface area contributed by atoms with E-state index in [1.54, 1.807) is 17.5 Å². The van der Waals surface area contributed by atoms with E-state index in [9.17, 15) is 0 Å². The van der Waals surface area contributed by atoms with Gasteiger partial charge < -0.3 is 10.6 Å². The predicted octanol–water partition coefficient (Wildman–Crippen LogP) is 2.35. The van der Waals surface area contributed by atoms with Crippen LogP contribution in [0.1, 0.15) is 26.2 Å². The molecule has 0 spiro atoms. The molecule has 1 fully saturated rings. The topological polar surface area (TPSA) is 42.2 Å². The van der Waals surface area contributed by atoms with E-state index in [4.69, 9.17) is 5.73 Å². The molecule has 1 aromatic rings. The summed E-state index contributed by atoms with van der Waals surface area (Å²) in [6.45, 7) is 4.47. The average Bonchev–Trinajstić information content (AvgIpc) is 2.87. The molecular formula is C10H17N3S. The van der Waals surface area contributed by atoms with Crippen molar-refractivity contribution in [3.63, 3.8) is 0 Å². The van der Waals surface area contributed by atoms with E-state index in [0.717, 1.165) is 22.6 Å². The molecule has 0 radical (unpaired) electrons. The van der Waals surface area contributed by atoms with Gasteiger partial charge in [0.05, 0.1) is 6.20 Å². The number of hydrogen-bond donors (Lipinski definition) is 1. The van der Waals surface area contributed by atoms with Gasteiger partial charge in [-0.25, -0.2) is 4.98 Å². The zero-order valence-corrected chi connectivity index (χ0v) is 9.39.